The summed E-state index contributed by atoms with van der Waals surface area (Å²) in [5.41, 5.74) is 17.9. The van der Waals surface area contributed by atoms with Gasteiger partial charge in [0.15, 0.2) is 30.7 Å². The zero-order valence-corrected chi connectivity index (χ0v) is 25.0. The van der Waals surface area contributed by atoms with Gasteiger partial charge in [-0.15, -0.1) is 0 Å². The molecule has 1 unspecified atom stereocenters. The molecule has 0 spiro atoms. The molecule has 248 valence electrons. The number of nitrogens with zero attached hydrogens (tertiary/aromatic N) is 6. The summed E-state index contributed by atoms with van der Waals surface area (Å²) in [6.45, 7) is 5.05. The summed E-state index contributed by atoms with van der Waals surface area (Å²) in [6.07, 6.45) is -16.0. The standard InChI is InChI=1S/C24H32N6O15/c1-9(31)37-17-15(7-27-29-25)44-24(22(41-13(5)35)19(17)38-10(2)32)45-18-16(8-28-30-26)43-23(42-14(6)36)21(40-12(4)34)20(18)39-11(3)33/h15-24H,7-8H2,1-6H3/t15-,16-,17-,18-,19+,20+,21-,22-,23?,24-/m1/s1. The molecule has 0 amide bonds. The zero-order valence-electron chi connectivity index (χ0n) is 25.0. The molecule has 2 fully saturated rings. The van der Waals surface area contributed by atoms with E-state index in [9.17, 15) is 28.8 Å². The Bertz CT molecular complexity index is 1240. The number of ether oxygens (including phenoxy) is 9. The quantitative estimate of drug-likeness (QED) is 0.0927. The van der Waals surface area contributed by atoms with Crippen LogP contribution in [0.1, 0.15) is 41.5 Å². The Hall–Kier alpha value is -4.68. The first-order valence-corrected chi connectivity index (χ1v) is 13.2. The van der Waals surface area contributed by atoms with E-state index < -0.39 is 110 Å². The normalized spacial score (nSPS) is 30.6. The minimum absolute atomic E-state index is 0.514. The van der Waals surface area contributed by atoms with Gasteiger partial charge in [0.25, 0.3) is 0 Å². The molecule has 0 aromatic rings. The molecule has 0 radical (unpaired) electrons. The Balaban J connectivity index is 2.72. The highest BCUT2D eigenvalue weighted by molar-refractivity contribution is 5.69. The van der Waals surface area contributed by atoms with E-state index in [4.69, 9.17) is 53.7 Å². The first-order chi connectivity index (χ1) is 21.2. The number of hydrogen-bond donors (Lipinski definition) is 0. The molecule has 2 aliphatic heterocycles. The maximum Gasteiger partial charge on any atom is 0.305 e. The second kappa shape index (κ2) is 17.0. The Labute approximate surface area is 254 Å². The second-order valence-corrected chi connectivity index (χ2v) is 9.49. The van der Waals surface area contributed by atoms with Crippen LogP contribution in [0.25, 0.3) is 20.9 Å². The van der Waals surface area contributed by atoms with Crippen LogP contribution in [0.15, 0.2) is 10.2 Å². The lowest BCUT2D eigenvalue weighted by atomic mass is 9.95. The van der Waals surface area contributed by atoms with Crippen LogP contribution in [-0.4, -0.2) is 110 Å². The minimum atomic E-state index is -1.80. The van der Waals surface area contributed by atoms with Crippen molar-refractivity contribution in [2.45, 2.75) is 103 Å². The van der Waals surface area contributed by atoms with Crippen molar-refractivity contribution in [3.8, 4) is 0 Å². The molecule has 2 saturated heterocycles. The zero-order chi connectivity index (χ0) is 33.8. The average Bonchev–Trinajstić information content (AvgIpc) is 2.91. The van der Waals surface area contributed by atoms with E-state index in [1.807, 2.05) is 0 Å². The van der Waals surface area contributed by atoms with Crippen molar-refractivity contribution < 1.29 is 71.4 Å². The molecule has 45 heavy (non-hydrogen) atoms. The third-order valence-electron chi connectivity index (χ3n) is 5.92. The van der Waals surface area contributed by atoms with Crippen LogP contribution in [0.4, 0.5) is 0 Å². The fourth-order valence-electron chi connectivity index (χ4n) is 4.59. The predicted octanol–water partition coefficient (Wildman–Crippen LogP) is 0.664. The lowest BCUT2D eigenvalue weighted by Crippen LogP contribution is -2.67. The van der Waals surface area contributed by atoms with Gasteiger partial charge < -0.3 is 42.6 Å². The number of azide groups is 2. The van der Waals surface area contributed by atoms with E-state index in [0.717, 1.165) is 41.5 Å². The van der Waals surface area contributed by atoms with Crippen molar-refractivity contribution in [1.29, 1.82) is 0 Å². The fraction of sp³-hybridized carbons (Fsp3) is 0.750. The van der Waals surface area contributed by atoms with Crippen LogP contribution in [0, 0.1) is 0 Å². The van der Waals surface area contributed by atoms with Crippen molar-refractivity contribution in [2.75, 3.05) is 13.1 Å². The molecule has 0 N–H and O–H groups in total. The summed E-state index contributed by atoms with van der Waals surface area (Å²) >= 11 is 0. The molecule has 0 aliphatic carbocycles. The minimum Gasteiger partial charge on any atom is -0.456 e. The monoisotopic (exact) mass is 644 g/mol. The van der Waals surface area contributed by atoms with E-state index in [-0.39, 0.29) is 0 Å². The predicted molar refractivity (Wildman–Crippen MR) is 140 cm³/mol. The highest BCUT2D eigenvalue weighted by Crippen LogP contribution is 2.35. The van der Waals surface area contributed by atoms with E-state index in [1.54, 1.807) is 0 Å². The highest BCUT2D eigenvalue weighted by Gasteiger charge is 2.57. The van der Waals surface area contributed by atoms with Crippen LogP contribution >= 0.6 is 0 Å². The van der Waals surface area contributed by atoms with Crippen molar-refractivity contribution in [3.63, 3.8) is 0 Å². The van der Waals surface area contributed by atoms with Crippen molar-refractivity contribution in [1.82, 2.24) is 0 Å². The number of carbonyl (C=O) groups is 6. The molecule has 0 bridgehead atoms. The maximum atomic E-state index is 12.2. The van der Waals surface area contributed by atoms with Gasteiger partial charge in [0.2, 0.25) is 12.4 Å². The Morgan fingerprint density at radius 1 is 0.511 bits per heavy atom. The smallest absolute Gasteiger partial charge is 0.305 e. The number of hydrogen-bond acceptors (Lipinski definition) is 17. The molecule has 0 aromatic heterocycles. The topological polar surface area (TPSA) is 283 Å². The Kier molecular flexibility index (Phi) is 13.8. The summed E-state index contributed by atoms with van der Waals surface area (Å²) in [7, 11) is 0. The first kappa shape index (κ1) is 36.5. The molecule has 0 saturated carbocycles. The third kappa shape index (κ3) is 10.8. The van der Waals surface area contributed by atoms with Crippen LogP contribution in [0.3, 0.4) is 0 Å². The van der Waals surface area contributed by atoms with Gasteiger partial charge in [0, 0.05) is 51.4 Å². The molecule has 2 aliphatic rings. The van der Waals surface area contributed by atoms with E-state index in [2.05, 4.69) is 20.1 Å². The van der Waals surface area contributed by atoms with Gasteiger partial charge in [-0.3, -0.25) is 28.8 Å². The molecule has 0 aromatic carbocycles. The highest BCUT2D eigenvalue weighted by atomic mass is 16.8. The lowest BCUT2D eigenvalue weighted by molar-refractivity contribution is -0.352. The summed E-state index contributed by atoms with van der Waals surface area (Å²) in [4.78, 5) is 77.7. The fourth-order valence-corrected chi connectivity index (χ4v) is 4.59. The van der Waals surface area contributed by atoms with Gasteiger partial charge in [0.1, 0.15) is 12.2 Å². The first-order valence-electron chi connectivity index (χ1n) is 13.2. The Morgan fingerprint density at radius 2 is 0.844 bits per heavy atom. The second-order valence-electron chi connectivity index (χ2n) is 9.49. The maximum absolute atomic E-state index is 12.2. The number of esters is 6. The van der Waals surface area contributed by atoms with E-state index in [1.165, 1.54) is 0 Å². The van der Waals surface area contributed by atoms with Gasteiger partial charge in [0.05, 0.1) is 19.2 Å². The summed E-state index contributed by atoms with van der Waals surface area (Å²) in [6, 6.07) is 0. The van der Waals surface area contributed by atoms with Crippen molar-refractivity contribution in [3.05, 3.63) is 20.9 Å². The molecular formula is C24H32N6O15. The van der Waals surface area contributed by atoms with Crippen LogP contribution < -0.4 is 0 Å². The third-order valence-corrected chi connectivity index (χ3v) is 5.92. The van der Waals surface area contributed by atoms with Gasteiger partial charge in [-0.05, 0) is 11.1 Å². The molecule has 21 heteroatoms. The summed E-state index contributed by atoms with van der Waals surface area (Å²) < 4.78 is 49.7. The summed E-state index contributed by atoms with van der Waals surface area (Å²) in [5.74, 6) is -5.42. The molecule has 21 nitrogen and oxygen atoms in total. The average molecular weight is 645 g/mol. The van der Waals surface area contributed by atoms with Crippen LogP contribution in [0.2, 0.25) is 0 Å². The lowest BCUT2D eigenvalue weighted by Gasteiger charge is -2.48. The molecule has 10 atom stereocenters. The largest absolute Gasteiger partial charge is 0.456 e. The van der Waals surface area contributed by atoms with Gasteiger partial charge >= 0.3 is 35.8 Å². The van der Waals surface area contributed by atoms with Crippen molar-refractivity contribution in [2.24, 2.45) is 10.2 Å². The Morgan fingerprint density at radius 3 is 1.27 bits per heavy atom. The van der Waals surface area contributed by atoms with E-state index >= 15 is 0 Å². The molecular weight excluding hydrogens is 612 g/mol. The summed E-state index contributed by atoms with van der Waals surface area (Å²) in [5, 5.41) is 6.88. The number of carbonyl (C=O) groups excluding carboxylic acids is 6. The number of rotatable bonds is 12. The van der Waals surface area contributed by atoms with Gasteiger partial charge in [-0.1, -0.05) is 10.2 Å². The van der Waals surface area contributed by atoms with E-state index in [0.29, 0.717) is 0 Å². The van der Waals surface area contributed by atoms with Gasteiger partial charge in [-0.2, -0.15) is 0 Å². The van der Waals surface area contributed by atoms with Crippen molar-refractivity contribution >= 4 is 35.8 Å². The van der Waals surface area contributed by atoms with Crippen LogP contribution in [-0.2, 0) is 71.4 Å². The van der Waals surface area contributed by atoms with Gasteiger partial charge in [-0.25, -0.2) is 0 Å². The van der Waals surface area contributed by atoms with Crippen LogP contribution in [0.5, 0.6) is 0 Å². The SMILES string of the molecule is CC(=O)OC1O[C@H](CN=[N+]=[N-])[C@@H](O[C@H]2O[C@H](CN=[N+]=[N-])[C@@H](OC(C)=O)[C@H](OC(C)=O)[C@H]2OC(C)=O)[C@H](OC(C)=O)[C@H]1OC(C)=O. The molecule has 2 heterocycles. The molecule has 2 rings (SSSR count).